The lowest BCUT2D eigenvalue weighted by Crippen LogP contribution is -2.38. The number of carbonyl (C=O) groups is 1. The van der Waals surface area contributed by atoms with Gasteiger partial charge < -0.3 is 10.4 Å². The number of carbonyl (C=O) groups excluding carboxylic acids is 1. The van der Waals surface area contributed by atoms with E-state index in [0.717, 1.165) is 42.2 Å². The molecule has 1 amide bonds. The smallest absolute Gasteiger partial charge is 0.253 e. The molecule has 6 heteroatoms. The van der Waals surface area contributed by atoms with Crippen molar-refractivity contribution in [1.29, 1.82) is 0 Å². The molecule has 0 bridgehead atoms. The highest BCUT2D eigenvalue weighted by Gasteiger charge is 2.23. The average Bonchev–Trinajstić information content (AvgIpc) is 3.09. The minimum absolute atomic E-state index is 0.0303. The molecule has 0 spiro atoms. The van der Waals surface area contributed by atoms with E-state index in [1.54, 1.807) is 17.5 Å². The molecular formula is C16H21N3O2S. The van der Waals surface area contributed by atoms with E-state index in [0.29, 0.717) is 5.56 Å². The van der Waals surface area contributed by atoms with Crippen molar-refractivity contribution in [2.75, 3.05) is 0 Å². The molecule has 2 aromatic heterocycles. The Bertz CT molecular complexity index is 655. The van der Waals surface area contributed by atoms with Crippen LogP contribution in [0.15, 0.2) is 17.6 Å². The molecule has 0 radical (unpaired) electrons. The molecule has 1 aliphatic carbocycles. The highest BCUT2D eigenvalue weighted by Crippen LogP contribution is 2.23. The van der Waals surface area contributed by atoms with Crippen molar-refractivity contribution in [3.8, 4) is 5.13 Å². The number of hydrogen-bond donors (Lipinski definition) is 2. The molecule has 0 aliphatic heterocycles. The van der Waals surface area contributed by atoms with E-state index in [1.165, 1.54) is 0 Å². The Labute approximate surface area is 134 Å². The highest BCUT2D eigenvalue weighted by molar-refractivity contribution is 7.12. The summed E-state index contributed by atoms with van der Waals surface area (Å²) in [6.07, 6.45) is 4.79. The van der Waals surface area contributed by atoms with Gasteiger partial charge in [-0.2, -0.15) is 0 Å². The maximum atomic E-state index is 12.5. The fourth-order valence-corrected chi connectivity index (χ4v) is 3.85. The van der Waals surface area contributed by atoms with Gasteiger partial charge in [0.25, 0.3) is 5.91 Å². The van der Waals surface area contributed by atoms with Crippen LogP contribution in [0.3, 0.4) is 0 Å². The Hall–Kier alpha value is -1.66. The van der Waals surface area contributed by atoms with Crippen LogP contribution in [-0.4, -0.2) is 32.7 Å². The van der Waals surface area contributed by atoms with E-state index in [-0.39, 0.29) is 18.1 Å². The van der Waals surface area contributed by atoms with Crippen LogP contribution < -0.4 is 5.32 Å². The highest BCUT2D eigenvalue weighted by atomic mass is 32.1. The number of aromatic nitrogens is 2. The fraction of sp³-hybridized carbons (Fsp3) is 0.500. The Morgan fingerprint density at radius 1 is 1.36 bits per heavy atom. The number of rotatable bonds is 3. The molecule has 3 rings (SSSR count). The van der Waals surface area contributed by atoms with Crippen LogP contribution in [0.5, 0.6) is 0 Å². The van der Waals surface area contributed by atoms with Crippen LogP contribution in [-0.2, 0) is 0 Å². The van der Waals surface area contributed by atoms with Crippen molar-refractivity contribution in [3.63, 3.8) is 0 Å². The van der Waals surface area contributed by atoms with Gasteiger partial charge in [0.15, 0.2) is 5.13 Å². The first-order chi connectivity index (χ1) is 10.6. The summed E-state index contributed by atoms with van der Waals surface area (Å²) in [4.78, 5) is 16.9. The minimum Gasteiger partial charge on any atom is -0.393 e. The number of amides is 1. The molecule has 2 heterocycles. The summed E-state index contributed by atoms with van der Waals surface area (Å²) in [5.74, 6) is -0.0303. The maximum Gasteiger partial charge on any atom is 0.253 e. The quantitative estimate of drug-likeness (QED) is 0.914. The van der Waals surface area contributed by atoms with Crippen LogP contribution >= 0.6 is 11.3 Å². The van der Waals surface area contributed by atoms with Crippen molar-refractivity contribution in [2.24, 2.45) is 0 Å². The van der Waals surface area contributed by atoms with Gasteiger partial charge in [-0.25, -0.2) is 4.98 Å². The summed E-state index contributed by atoms with van der Waals surface area (Å²) < 4.78 is 2.02. The third-order valence-corrected chi connectivity index (χ3v) is 5.07. The lowest BCUT2D eigenvalue weighted by Gasteiger charge is -2.26. The molecule has 0 unspecified atom stereocenters. The molecule has 118 valence electrons. The van der Waals surface area contributed by atoms with Gasteiger partial charge in [-0.1, -0.05) is 0 Å². The number of nitrogens with one attached hydrogen (secondary N) is 1. The summed E-state index contributed by atoms with van der Waals surface area (Å²) in [7, 11) is 0. The van der Waals surface area contributed by atoms with Crippen LogP contribution in [0.1, 0.15) is 47.4 Å². The van der Waals surface area contributed by atoms with Gasteiger partial charge in [0, 0.05) is 29.0 Å². The van der Waals surface area contributed by atoms with Gasteiger partial charge in [-0.15, -0.1) is 11.3 Å². The third kappa shape index (κ3) is 2.94. The second-order valence-corrected chi connectivity index (χ2v) is 6.79. The number of aliphatic hydroxyl groups excluding tert-OH is 1. The van der Waals surface area contributed by atoms with Crippen molar-refractivity contribution in [1.82, 2.24) is 14.9 Å². The zero-order valence-corrected chi connectivity index (χ0v) is 13.7. The number of aryl methyl sites for hydroxylation is 1. The standard InChI is InChI=1S/C16H21N3O2S/c1-10-9-14(11(2)19(10)16-17-7-8-22-16)15(21)18-12-3-5-13(20)6-4-12/h7-9,12-13,20H,3-6H2,1-2H3,(H,18,21). The van der Waals surface area contributed by atoms with Crippen molar-refractivity contribution in [3.05, 3.63) is 34.6 Å². The van der Waals surface area contributed by atoms with Crippen molar-refractivity contribution in [2.45, 2.75) is 51.7 Å². The monoisotopic (exact) mass is 319 g/mol. The predicted octanol–water partition coefficient (Wildman–Crippen LogP) is 2.58. The third-order valence-electron chi connectivity index (χ3n) is 4.32. The first-order valence-electron chi connectivity index (χ1n) is 7.64. The van der Waals surface area contributed by atoms with Gasteiger partial charge in [0.1, 0.15) is 0 Å². The predicted molar refractivity (Wildman–Crippen MR) is 86.6 cm³/mol. The molecule has 0 atom stereocenters. The normalized spacial score (nSPS) is 21.8. The van der Waals surface area contributed by atoms with Gasteiger partial charge in [0.2, 0.25) is 0 Å². The van der Waals surface area contributed by atoms with Crippen LogP contribution in [0.2, 0.25) is 0 Å². The zero-order chi connectivity index (χ0) is 15.7. The van der Waals surface area contributed by atoms with Gasteiger partial charge >= 0.3 is 0 Å². The Kier molecular flexibility index (Phi) is 4.31. The second kappa shape index (κ2) is 6.22. The van der Waals surface area contributed by atoms with E-state index >= 15 is 0 Å². The molecule has 22 heavy (non-hydrogen) atoms. The van der Waals surface area contributed by atoms with Crippen LogP contribution in [0.4, 0.5) is 0 Å². The SMILES string of the molecule is Cc1cc(C(=O)NC2CCC(O)CC2)c(C)n1-c1nccs1. The maximum absolute atomic E-state index is 12.5. The van der Waals surface area contributed by atoms with E-state index in [2.05, 4.69) is 10.3 Å². The number of hydrogen-bond acceptors (Lipinski definition) is 4. The largest absolute Gasteiger partial charge is 0.393 e. The molecule has 5 nitrogen and oxygen atoms in total. The second-order valence-electron chi connectivity index (χ2n) is 5.91. The summed E-state index contributed by atoms with van der Waals surface area (Å²) in [6.45, 7) is 3.94. The number of thiazole rings is 1. The van der Waals surface area contributed by atoms with E-state index in [4.69, 9.17) is 0 Å². The van der Waals surface area contributed by atoms with Gasteiger partial charge in [-0.3, -0.25) is 9.36 Å². The van der Waals surface area contributed by atoms with Crippen LogP contribution in [0, 0.1) is 13.8 Å². The number of aliphatic hydroxyl groups is 1. The Morgan fingerprint density at radius 3 is 2.73 bits per heavy atom. The first-order valence-corrected chi connectivity index (χ1v) is 8.52. The summed E-state index contributed by atoms with van der Waals surface area (Å²) >= 11 is 1.56. The Balaban J connectivity index is 1.77. The summed E-state index contributed by atoms with van der Waals surface area (Å²) in [5, 5.41) is 15.5. The number of nitrogens with zero attached hydrogens (tertiary/aromatic N) is 2. The van der Waals surface area contributed by atoms with E-state index in [1.807, 2.05) is 29.9 Å². The van der Waals surface area contributed by atoms with E-state index < -0.39 is 0 Å². The van der Waals surface area contributed by atoms with Gasteiger partial charge in [-0.05, 0) is 45.6 Å². The Morgan fingerprint density at radius 2 is 2.09 bits per heavy atom. The molecule has 2 aromatic rings. The molecule has 1 fully saturated rings. The molecule has 0 saturated heterocycles. The average molecular weight is 319 g/mol. The topological polar surface area (TPSA) is 67.2 Å². The minimum atomic E-state index is -0.205. The van der Waals surface area contributed by atoms with E-state index in [9.17, 15) is 9.90 Å². The fourth-order valence-electron chi connectivity index (χ4n) is 3.10. The van der Waals surface area contributed by atoms with Gasteiger partial charge in [0.05, 0.1) is 11.7 Å². The summed E-state index contributed by atoms with van der Waals surface area (Å²) in [6, 6.07) is 2.09. The molecule has 1 aliphatic rings. The molecule has 0 aromatic carbocycles. The zero-order valence-electron chi connectivity index (χ0n) is 12.9. The molecule has 1 saturated carbocycles. The lowest BCUT2D eigenvalue weighted by molar-refractivity contribution is 0.0867. The summed E-state index contributed by atoms with van der Waals surface area (Å²) in [5.41, 5.74) is 2.64. The first kappa shape index (κ1) is 15.2. The van der Waals surface area contributed by atoms with Crippen molar-refractivity contribution < 1.29 is 9.90 Å². The lowest BCUT2D eigenvalue weighted by atomic mass is 9.93. The van der Waals surface area contributed by atoms with Crippen molar-refractivity contribution >= 4 is 17.2 Å². The molecular weight excluding hydrogens is 298 g/mol. The molecule has 2 N–H and O–H groups in total. The van der Waals surface area contributed by atoms with Crippen LogP contribution in [0.25, 0.3) is 5.13 Å².